The number of piperidine rings is 1. The molecule has 0 aliphatic carbocycles. The first-order valence-electron chi connectivity index (χ1n) is 8.75. The molecule has 0 spiro atoms. The van der Waals surface area contributed by atoms with Crippen LogP contribution in [0.5, 0.6) is 0 Å². The van der Waals surface area contributed by atoms with Crippen LogP contribution in [0, 0.1) is 5.92 Å². The van der Waals surface area contributed by atoms with E-state index in [1.807, 2.05) is 18.2 Å². The van der Waals surface area contributed by atoms with E-state index in [1.54, 1.807) is 19.1 Å². The van der Waals surface area contributed by atoms with Crippen LogP contribution < -0.4 is 15.6 Å². The standard InChI is InChI=1S/C18H24N4O3/c1-13-8-10-21(11-9-13)12-15(23)20-22-16(24)18(2,19-17(22)25)14-6-4-3-5-7-14/h3-7,13H,8-12H2,1-2H3,(H,19,25)(H,20,23)/p+1/t18-/m0/s1. The summed E-state index contributed by atoms with van der Waals surface area (Å²) >= 11 is 0. The molecule has 2 aliphatic heterocycles. The Morgan fingerprint density at radius 1 is 1.28 bits per heavy atom. The number of benzene rings is 1. The molecule has 0 saturated carbocycles. The van der Waals surface area contributed by atoms with E-state index in [1.165, 1.54) is 4.90 Å². The Morgan fingerprint density at radius 2 is 1.92 bits per heavy atom. The van der Waals surface area contributed by atoms with Crippen LogP contribution in [0.25, 0.3) is 0 Å². The summed E-state index contributed by atoms with van der Waals surface area (Å²) in [7, 11) is 0. The smallest absolute Gasteiger partial charge is 0.327 e. The van der Waals surface area contributed by atoms with Gasteiger partial charge in [-0.2, -0.15) is 5.01 Å². The second-order valence-electron chi connectivity index (χ2n) is 7.21. The van der Waals surface area contributed by atoms with Gasteiger partial charge in [-0.15, -0.1) is 0 Å². The number of amides is 4. The monoisotopic (exact) mass is 345 g/mol. The van der Waals surface area contributed by atoms with Gasteiger partial charge in [-0.05, 0) is 31.2 Å². The van der Waals surface area contributed by atoms with Crippen LogP contribution in [0.4, 0.5) is 4.79 Å². The van der Waals surface area contributed by atoms with Crippen molar-refractivity contribution in [2.24, 2.45) is 5.92 Å². The minimum atomic E-state index is -1.17. The third kappa shape index (κ3) is 3.51. The van der Waals surface area contributed by atoms with Gasteiger partial charge in [-0.3, -0.25) is 15.0 Å². The first-order valence-corrected chi connectivity index (χ1v) is 8.75. The summed E-state index contributed by atoms with van der Waals surface area (Å²) in [4.78, 5) is 38.4. The van der Waals surface area contributed by atoms with Crippen LogP contribution in [0.2, 0.25) is 0 Å². The maximum atomic E-state index is 12.7. The fourth-order valence-corrected chi connectivity index (χ4v) is 3.45. The average molecular weight is 345 g/mol. The molecule has 0 radical (unpaired) electrons. The average Bonchev–Trinajstić information content (AvgIpc) is 2.82. The summed E-state index contributed by atoms with van der Waals surface area (Å²) in [5.41, 5.74) is 1.99. The van der Waals surface area contributed by atoms with Crippen molar-refractivity contribution in [2.75, 3.05) is 19.6 Å². The molecule has 7 nitrogen and oxygen atoms in total. The molecule has 4 amide bonds. The van der Waals surface area contributed by atoms with Crippen molar-refractivity contribution in [3.63, 3.8) is 0 Å². The number of carbonyl (C=O) groups excluding carboxylic acids is 3. The molecule has 2 aliphatic rings. The Balaban J connectivity index is 1.64. The van der Waals surface area contributed by atoms with Crippen molar-refractivity contribution in [2.45, 2.75) is 32.2 Å². The molecule has 0 unspecified atom stereocenters. The molecule has 7 heteroatoms. The summed E-state index contributed by atoms with van der Waals surface area (Å²) in [5.74, 6) is -0.0889. The number of hydrogen-bond donors (Lipinski definition) is 3. The maximum absolute atomic E-state index is 12.7. The molecule has 3 rings (SSSR count). The molecule has 134 valence electrons. The lowest BCUT2D eigenvalue weighted by atomic mass is 9.92. The number of nitrogens with zero attached hydrogens (tertiary/aromatic N) is 1. The number of likely N-dealkylation sites (tertiary alicyclic amines) is 1. The van der Waals surface area contributed by atoms with Crippen LogP contribution in [0.1, 0.15) is 32.3 Å². The van der Waals surface area contributed by atoms with Gasteiger partial charge in [0.05, 0.1) is 13.1 Å². The number of hydrazine groups is 1. The maximum Gasteiger partial charge on any atom is 0.344 e. The number of imide groups is 1. The second-order valence-corrected chi connectivity index (χ2v) is 7.21. The van der Waals surface area contributed by atoms with Crippen LogP contribution in [0.15, 0.2) is 30.3 Å². The lowest BCUT2D eigenvalue weighted by Crippen LogP contribution is -3.14. The molecular formula is C18H25N4O3+. The van der Waals surface area contributed by atoms with E-state index >= 15 is 0 Å². The quantitative estimate of drug-likeness (QED) is 0.661. The third-order valence-electron chi connectivity index (χ3n) is 5.17. The summed E-state index contributed by atoms with van der Waals surface area (Å²) in [6.07, 6.45) is 2.19. The summed E-state index contributed by atoms with van der Waals surface area (Å²) in [6.45, 7) is 6.01. The van der Waals surface area contributed by atoms with Gasteiger partial charge >= 0.3 is 6.03 Å². The number of urea groups is 1. The van der Waals surface area contributed by atoms with Crippen molar-refractivity contribution >= 4 is 17.8 Å². The predicted molar refractivity (Wildman–Crippen MR) is 91.3 cm³/mol. The molecule has 0 bridgehead atoms. The molecule has 25 heavy (non-hydrogen) atoms. The summed E-state index contributed by atoms with van der Waals surface area (Å²) in [6, 6.07) is 8.41. The first-order chi connectivity index (χ1) is 11.9. The number of quaternary nitrogens is 1. The largest absolute Gasteiger partial charge is 0.344 e. The topological polar surface area (TPSA) is 82.9 Å². The minimum Gasteiger partial charge on any atom is -0.327 e. The summed E-state index contributed by atoms with van der Waals surface area (Å²) in [5, 5.41) is 3.48. The second kappa shape index (κ2) is 6.84. The normalized spacial score (nSPS) is 29.4. The molecule has 0 aromatic heterocycles. The molecular weight excluding hydrogens is 320 g/mol. The fourth-order valence-electron chi connectivity index (χ4n) is 3.45. The van der Waals surface area contributed by atoms with Crippen molar-refractivity contribution in [3.05, 3.63) is 35.9 Å². The Morgan fingerprint density at radius 3 is 2.56 bits per heavy atom. The molecule has 2 fully saturated rings. The van der Waals surface area contributed by atoms with Crippen LogP contribution in [-0.4, -0.2) is 42.5 Å². The van der Waals surface area contributed by atoms with E-state index < -0.39 is 17.5 Å². The lowest BCUT2D eigenvalue weighted by Gasteiger charge is -2.27. The highest BCUT2D eigenvalue weighted by molar-refractivity contribution is 6.08. The van der Waals surface area contributed by atoms with Gasteiger partial charge in [0, 0.05) is 0 Å². The summed E-state index contributed by atoms with van der Waals surface area (Å²) < 4.78 is 0. The number of carbonyl (C=O) groups is 3. The zero-order valence-corrected chi connectivity index (χ0v) is 14.7. The molecule has 1 aromatic rings. The SMILES string of the molecule is CC1CC[NH+](CC(=O)NN2C(=O)N[C@@](C)(c3ccccc3)C2=O)CC1. The van der Waals surface area contributed by atoms with Crippen LogP contribution >= 0.6 is 0 Å². The zero-order chi connectivity index (χ0) is 18.0. The molecule has 3 N–H and O–H groups in total. The van der Waals surface area contributed by atoms with Crippen LogP contribution in [0.3, 0.4) is 0 Å². The Labute approximate surface area is 147 Å². The molecule has 1 aromatic carbocycles. The van der Waals surface area contributed by atoms with E-state index in [2.05, 4.69) is 17.7 Å². The number of nitrogens with one attached hydrogen (secondary N) is 3. The minimum absolute atomic E-state index is 0.270. The van der Waals surface area contributed by atoms with E-state index in [0.717, 1.165) is 30.9 Å². The van der Waals surface area contributed by atoms with Gasteiger partial charge in [-0.25, -0.2) is 4.79 Å². The highest BCUT2D eigenvalue weighted by Crippen LogP contribution is 2.27. The lowest BCUT2D eigenvalue weighted by molar-refractivity contribution is -0.898. The molecule has 2 saturated heterocycles. The first kappa shape index (κ1) is 17.4. The van der Waals surface area contributed by atoms with Gasteiger partial charge in [0.1, 0.15) is 5.54 Å². The highest BCUT2D eigenvalue weighted by Gasteiger charge is 2.50. The van der Waals surface area contributed by atoms with Crippen molar-refractivity contribution in [1.82, 2.24) is 15.8 Å². The predicted octanol–water partition coefficient (Wildman–Crippen LogP) is -0.200. The fraction of sp³-hybridized carbons (Fsp3) is 0.500. The van der Waals surface area contributed by atoms with Crippen molar-refractivity contribution < 1.29 is 19.3 Å². The van der Waals surface area contributed by atoms with E-state index in [4.69, 9.17) is 0 Å². The van der Waals surface area contributed by atoms with Crippen molar-refractivity contribution in [3.8, 4) is 0 Å². The van der Waals surface area contributed by atoms with E-state index in [9.17, 15) is 14.4 Å². The van der Waals surface area contributed by atoms with E-state index in [-0.39, 0.29) is 12.5 Å². The Kier molecular flexibility index (Phi) is 4.76. The van der Waals surface area contributed by atoms with Crippen molar-refractivity contribution in [1.29, 1.82) is 0 Å². The third-order valence-corrected chi connectivity index (χ3v) is 5.17. The Bertz CT molecular complexity index is 670. The molecule has 1 atom stereocenters. The van der Waals surface area contributed by atoms with Gasteiger partial charge in [0.25, 0.3) is 11.8 Å². The van der Waals surface area contributed by atoms with E-state index in [0.29, 0.717) is 11.5 Å². The number of rotatable bonds is 4. The molecule has 2 heterocycles. The van der Waals surface area contributed by atoms with Gasteiger partial charge in [-0.1, -0.05) is 37.3 Å². The van der Waals surface area contributed by atoms with Gasteiger partial charge < -0.3 is 10.2 Å². The number of hydrogen-bond acceptors (Lipinski definition) is 3. The highest BCUT2D eigenvalue weighted by atomic mass is 16.2. The zero-order valence-electron chi connectivity index (χ0n) is 14.7. The van der Waals surface area contributed by atoms with Gasteiger partial charge in [0.15, 0.2) is 6.54 Å². The Hall–Kier alpha value is -2.41. The van der Waals surface area contributed by atoms with Crippen LogP contribution in [-0.2, 0) is 15.1 Å². The van der Waals surface area contributed by atoms with Gasteiger partial charge in [0.2, 0.25) is 0 Å².